The van der Waals surface area contributed by atoms with Gasteiger partial charge in [-0.1, -0.05) is 26.0 Å². The lowest BCUT2D eigenvalue weighted by Gasteiger charge is -2.15. The van der Waals surface area contributed by atoms with E-state index in [0.717, 1.165) is 5.56 Å². The molecule has 20 heavy (non-hydrogen) atoms. The molecular formula is C14H23FN2O2S. The first-order valence-corrected chi connectivity index (χ1v) is 8.44. The predicted octanol–water partition coefficient (Wildman–Crippen LogP) is 2.19. The summed E-state index contributed by atoms with van der Waals surface area (Å²) in [6.45, 7) is 6.45. The highest BCUT2D eigenvalue weighted by molar-refractivity contribution is 7.89. The summed E-state index contributed by atoms with van der Waals surface area (Å²) in [6.07, 6.45) is 0.559. The topological polar surface area (TPSA) is 58.2 Å². The van der Waals surface area contributed by atoms with E-state index in [0.29, 0.717) is 19.0 Å². The van der Waals surface area contributed by atoms with Gasteiger partial charge in [-0.3, -0.25) is 0 Å². The van der Waals surface area contributed by atoms with E-state index in [2.05, 4.69) is 10.0 Å². The van der Waals surface area contributed by atoms with Crippen LogP contribution >= 0.6 is 0 Å². The third-order valence-electron chi connectivity index (χ3n) is 2.87. The van der Waals surface area contributed by atoms with Crippen molar-refractivity contribution in [2.24, 2.45) is 0 Å². The second kappa shape index (κ2) is 7.71. The first kappa shape index (κ1) is 17.1. The number of nitrogens with one attached hydrogen (secondary N) is 2. The van der Waals surface area contributed by atoms with Gasteiger partial charge in [-0.2, -0.15) is 0 Å². The molecule has 1 atom stereocenters. The molecule has 0 saturated heterocycles. The molecule has 4 nitrogen and oxygen atoms in total. The lowest BCUT2D eigenvalue weighted by Crippen LogP contribution is -2.31. The van der Waals surface area contributed by atoms with Gasteiger partial charge in [0.2, 0.25) is 10.0 Å². The van der Waals surface area contributed by atoms with Gasteiger partial charge in [0.15, 0.2) is 0 Å². The van der Waals surface area contributed by atoms with Gasteiger partial charge in [0, 0.05) is 12.1 Å². The lowest BCUT2D eigenvalue weighted by molar-refractivity contribution is 0.551. The maximum absolute atomic E-state index is 12.8. The van der Waals surface area contributed by atoms with E-state index in [4.69, 9.17) is 0 Å². The van der Waals surface area contributed by atoms with Crippen LogP contribution in [0.25, 0.3) is 0 Å². The Labute approximate surface area is 120 Å². The van der Waals surface area contributed by atoms with Gasteiger partial charge in [-0.05, 0) is 37.6 Å². The first-order chi connectivity index (χ1) is 9.30. The number of sulfonamides is 1. The first-order valence-electron chi connectivity index (χ1n) is 6.79. The molecule has 0 aliphatic heterocycles. The fraction of sp³-hybridized carbons (Fsp3) is 0.571. The van der Waals surface area contributed by atoms with Crippen molar-refractivity contribution in [3.8, 4) is 0 Å². The second-order valence-corrected chi connectivity index (χ2v) is 7.05. The average molecular weight is 302 g/mol. The van der Waals surface area contributed by atoms with Crippen molar-refractivity contribution in [3.05, 3.63) is 35.6 Å². The van der Waals surface area contributed by atoms with Crippen LogP contribution in [-0.2, 0) is 10.0 Å². The van der Waals surface area contributed by atoms with Crippen LogP contribution in [0.1, 0.15) is 38.8 Å². The van der Waals surface area contributed by atoms with E-state index in [9.17, 15) is 12.8 Å². The molecule has 6 heteroatoms. The number of rotatable bonds is 8. The molecule has 0 aromatic heterocycles. The Bertz CT molecular complexity index is 500. The fourth-order valence-corrected chi connectivity index (χ4v) is 3.12. The molecule has 0 aliphatic carbocycles. The summed E-state index contributed by atoms with van der Waals surface area (Å²) >= 11 is 0. The minimum atomic E-state index is -3.32. The maximum Gasteiger partial charge on any atom is 0.212 e. The Kier molecular flexibility index (Phi) is 6.58. The zero-order valence-corrected chi connectivity index (χ0v) is 13.0. The molecule has 1 aromatic carbocycles. The van der Waals surface area contributed by atoms with Crippen molar-refractivity contribution in [1.29, 1.82) is 0 Å². The zero-order valence-electron chi connectivity index (χ0n) is 12.2. The Morgan fingerprint density at radius 3 is 2.30 bits per heavy atom. The Morgan fingerprint density at radius 2 is 1.75 bits per heavy atom. The molecule has 0 aliphatic rings. The molecule has 0 fully saturated rings. The van der Waals surface area contributed by atoms with Gasteiger partial charge < -0.3 is 5.32 Å². The Balaban J connectivity index is 2.47. The summed E-state index contributed by atoms with van der Waals surface area (Å²) in [5.74, 6) is -0.248. The summed E-state index contributed by atoms with van der Waals surface area (Å²) < 4.78 is 39.2. The molecule has 0 amide bonds. The van der Waals surface area contributed by atoms with Crippen LogP contribution in [0, 0.1) is 5.82 Å². The Hall–Kier alpha value is -0.980. The standard InChI is InChI=1S/C14H23FN2O2S/c1-11(2)16-9-4-10-20(18,19)17-12(3)13-5-7-14(15)8-6-13/h5-8,11-12,16-17H,4,9-10H2,1-3H3. The number of benzene rings is 1. The van der Waals surface area contributed by atoms with Gasteiger partial charge in [0.05, 0.1) is 5.75 Å². The molecule has 2 N–H and O–H groups in total. The molecule has 0 heterocycles. The van der Waals surface area contributed by atoms with Crippen LogP contribution in [0.15, 0.2) is 24.3 Å². The van der Waals surface area contributed by atoms with Crippen LogP contribution < -0.4 is 10.0 Å². The Morgan fingerprint density at radius 1 is 1.15 bits per heavy atom. The second-order valence-electron chi connectivity index (χ2n) is 5.17. The van der Waals surface area contributed by atoms with Crippen molar-refractivity contribution in [2.75, 3.05) is 12.3 Å². The van der Waals surface area contributed by atoms with Crippen LogP contribution in [0.2, 0.25) is 0 Å². The average Bonchev–Trinajstić information content (AvgIpc) is 2.34. The van der Waals surface area contributed by atoms with Crippen LogP contribution in [-0.4, -0.2) is 26.8 Å². The van der Waals surface area contributed by atoms with Crippen molar-refractivity contribution in [3.63, 3.8) is 0 Å². The smallest absolute Gasteiger partial charge is 0.212 e. The van der Waals surface area contributed by atoms with E-state index >= 15 is 0 Å². The van der Waals surface area contributed by atoms with Crippen LogP contribution in [0.4, 0.5) is 4.39 Å². The molecule has 0 bridgehead atoms. The molecule has 0 saturated carbocycles. The normalized spacial score (nSPS) is 13.7. The summed E-state index contributed by atoms with van der Waals surface area (Å²) in [5.41, 5.74) is 0.746. The predicted molar refractivity (Wildman–Crippen MR) is 79.5 cm³/mol. The highest BCUT2D eigenvalue weighted by Crippen LogP contribution is 2.14. The van der Waals surface area contributed by atoms with Crippen molar-refractivity contribution in [2.45, 2.75) is 39.3 Å². The molecule has 1 rings (SSSR count). The molecule has 0 radical (unpaired) electrons. The van der Waals surface area contributed by atoms with Gasteiger partial charge in [0.1, 0.15) is 5.82 Å². The lowest BCUT2D eigenvalue weighted by atomic mass is 10.1. The van der Waals surface area contributed by atoms with Crippen LogP contribution in [0.5, 0.6) is 0 Å². The van der Waals surface area contributed by atoms with Crippen molar-refractivity contribution in [1.82, 2.24) is 10.0 Å². The zero-order chi connectivity index (χ0) is 15.2. The number of hydrogen-bond donors (Lipinski definition) is 2. The van der Waals surface area contributed by atoms with Gasteiger partial charge in [-0.15, -0.1) is 0 Å². The third-order valence-corrected chi connectivity index (χ3v) is 4.41. The van der Waals surface area contributed by atoms with Gasteiger partial charge in [0.25, 0.3) is 0 Å². The van der Waals surface area contributed by atoms with Crippen LogP contribution in [0.3, 0.4) is 0 Å². The molecular weight excluding hydrogens is 279 g/mol. The largest absolute Gasteiger partial charge is 0.314 e. The third kappa shape index (κ3) is 6.45. The minimum Gasteiger partial charge on any atom is -0.314 e. The molecule has 0 spiro atoms. The van der Waals surface area contributed by atoms with E-state index in [-0.39, 0.29) is 17.6 Å². The van der Waals surface area contributed by atoms with Crippen molar-refractivity contribution >= 4 is 10.0 Å². The SMILES string of the molecule is CC(C)NCCCS(=O)(=O)NC(C)c1ccc(F)cc1. The van der Waals surface area contributed by atoms with E-state index < -0.39 is 10.0 Å². The molecule has 1 aromatic rings. The highest BCUT2D eigenvalue weighted by Gasteiger charge is 2.15. The van der Waals surface area contributed by atoms with Crippen molar-refractivity contribution < 1.29 is 12.8 Å². The number of hydrogen-bond acceptors (Lipinski definition) is 3. The van der Waals surface area contributed by atoms with E-state index in [1.807, 2.05) is 13.8 Å². The van der Waals surface area contributed by atoms with E-state index in [1.54, 1.807) is 19.1 Å². The number of halogens is 1. The maximum atomic E-state index is 12.8. The van der Waals surface area contributed by atoms with Gasteiger partial charge >= 0.3 is 0 Å². The highest BCUT2D eigenvalue weighted by atomic mass is 32.2. The van der Waals surface area contributed by atoms with E-state index in [1.165, 1.54) is 12.1 Å². The fourth-order valence-electron chi connectivity index (χ4n) is 1.80. The summed E-state index contributed by atoms with van der Waals surface area (Å²) in [6, 6.07) is 5.81. The quantitative estimate of drug-likeness (QED) is 0.724. The molecule has 1 unspecified atom stereocenters. The molecule has 114 valence electrons. The van der Waals surface area contributed by atoms with Gasteiger partial charge in [-0.25, -0.2) is 17.5 Å². The monoisotopic (exact) mass is 302 g/mol. The summed E-state index contributed by atoms with van der Waals surface area (Å²) in [7, 11) is -3.32. The summed E-state index contributed by atoms with van der Waals surface area (Å²) in [4.78, 5) is 0. The minimum absolute atomic E-state index is 0.0816. The summed E-state index contributed by atoms with van der Waals surface area (Å²) in [5, 5.41) is 3.18.